The highest BCUT2D eigenvalue weighted by atomic mass is 15.1. The van der Waals surface area contributed by atoms with E-state index in [1.54, 1.807) is 0 Å². The molecule has 1 aliphatic heterocycles. The van der Waals surface area contributed by atoms with Gasteiger partial charge in [-0.1, -0.05) is 6.92 Å². The Labute approximate surface area is 110 Å². The molecule has 4 nitrogen and oxygen atoms in total. The summed E-state index contributed by atoms with van der Waals surface area (Å²) in [6.45, 7) is 8.85. The lowest BCUT2D eigenvalue weighted by Gasteiger charge is -2.31. The molecular formula is C14H24N4. The molecule has 0 bridgehead atoms. The molecule has 1 aromatic heterocycles. The molecule has 0 saturated carbocycles. The van der Waals surface area contributed by atoms with E-state index in [1.165, 1.54) is 32.5 Å². The van der Waals surface area contributed by atoms with Crippen LogP contribution in [0.25, 0.3) is 0 Å². The van der Waals surface area contributed by atoms with Crippen LogP contribution in [0.2, 0.25) is 0 Å². The Morgan fingerprint density at radius 3 is 2.83 bits per heavy atom. The summed E-state index contributed by atoms with van der Waals surface area (Å²) in [6, 6.07) is 1.94. The second-order valence-corrected chi connectivity index (χ2v) is 5.15. The maximum Gasteiger partial charge on any atom is 0.149 e. The summed E-state index contributed by atoms with van der Waals surface area (Å²) in [4.78, 5) is 6.82. The van der Waals surface area contributed by atoms with Gasteiger partial charge in [-0.15, -0.1) is 0 Å². The van der Waals surface area contributed by atoms with Crippen molar-refractivity contribution in [2.24, 2.45) is 5.92 Å². The summed E-state index contributed by atoms with van der Waals surface area (Å²) >= 11 is 0. The number of rotatable bonds is 4. The van der Waals surface area contributed by atoms with Crippen molar-refractivity contribution < 1.29 is 0 Å². The maximum atomic E-state index is 6.01. The van der Waals surface area contributed by atoms with Gasteiger partial charge < -0.3 is 16.0 Å². The molecule has 0 aromatic carbocycles. The first-order valence-corrected chi connectivity index (χ1v) is 6.88. The Balaban J connectivity index is 1.83. The number of nitrogens with two attached hydrogens (primary N) is 1. The molecule has 1 fully saturated rings. The van der Waals surface area contributed by atoms with Crippen molar-refractivity contribution in [2.45, 2.75) is 26.7 Å². The minimum atomic E-state index is 0.745. The van der Waals surface area contributed by atoms with E-state index >= 15 is 0 Å². The quantitative estimate of drug-likeness (QED) is 0.857. The fraction of sp³-hybridized carbons (Fsp3) is 0.643. The molecule has 0 aliphatic carbocycles. The molecule has 1 aromatic rings. The van der Waals surface area contributed by atoms with Gasteiger partial charge in [0.1, 0.15) is 5.82 Å². The average molecular weight is 248 g/mol. The number of likely N-dealkylation sites (tertiary alicyclic amines) is 1. The highest BCUT2D eigenvalue weighted by molar-refractivity contribution is 5.64. The van der Waals surface area contributed by atoms with E-state index in [0.717, 1.165) is 29.5 Å². The fourth-order valence-electron chi connectivity index (χ4n) is 2.46. The van der Waals surface area contributed by atoms with Crippen LogP contribution < -0.4 is 11.1 Å². The van der Waals surface area contributed by atoms with E-state index in [0.29, 0.717) is 0 Å². The molecule has 0 atom stereocenters. The topological polar surface area (TPSA) is 54.2 Å². The lowest BCUT2D eigenvalue weighted by Crippen LogP contribution is -2.35. The predicted molar refractivity (Wildman–Crippen MR) is 76.7 cm³/mol. The van der Waals surface area contributed by atoms with E-state index in [1.807, 2.05) is 19.2 Å². The van der Waals surface area contributed by atoms with Gasteiger partial charge in [0.05, 0.1) is 5.69 Å². The van der Waals surface area contributed by atoms with Crippen molar-refractivity contribution in [3.63, 3.8) is 0 Å². The minimum absolute atomic E-state index is 0.745. The molecule has 0 spiro atoms. The smallest absolute Gasteiger partial charge is 0.149 e. The molecule has 0 radical (unpaired) electrons. The van der Waals surface area contributed by atoms with Crippen molar-refractivity contribution in [1.29, 1.82) is 0 Å². The van der Waals surface area contributed by atoms with Crippen LogP contribution in [0, 0.1) is 12.8 Å². The Morgan fingerprint density at radius 1 is 1.44 bits per heavy atom. The number of aryl methyl sites for hydroxylation is 1. The van der Waals surface area contributed by atoms with Crippen molar-refractivity contribution >= 4 is 11.5 Å². The zero-order chi connectivity index (χ0) is 13.0. The van der Waals surface area contributed by atoms with Gasteiger partial charge in [0.15, 0.2) is 0 Å². The van der Waals surface area contributed by atoms with Gasteiger partial charge in [0.25, 0.3) is 0 Å². The summed E-state index contributed by atoms with van der Waals surface area (Å²) in [5.74, 6) is 1.59. The SMILES string of the molecule is CCN1CCC(CNc2nccc(C)c2N)CC1. The van der Waals surface area contributed by atoms with Gasteiger partial charge in [-0.05, 0) is 56.9 Å². The molecule has 0 unspecified atom stereocenters. The largest absolute Gasteiger partial charge is 0.396 e. The minimum Gasteiger partial charge on any atom is -0.396 e. The molecule has 2 rings (SSSR count). The highest BCUT2D eigenvalue weighted by Gasteiger charge is 2.18. The maximum absolute atomic E-state index is 6.01. The first-order valence-electron chi connectivity index (χ1n) is 6.88. The molecule has 100 valence electrons. The third kappa shape index (κ3) is 3.13. The molecule has 18 heavy (non-hydrogen) atoms. The Kier molecular flexibility index (Phi) is 4.42. The van der Waals surface area contributed by atoms with Crippen LogP contribution in [0.4, 0.5) is 11.5 Å². The molecule has 0 amide bonds. The molecular weight excluding hydrogens is 224 g/mol. The fourth-order valence-corrected chi connectivity index (χ4v) is 2.46. The molecule has 1 aliphatic rings. The number of anilines is 2. The second-order valence-electron chi connectivity index (χ2n) is 5.15. The predicted octanol–water partition coefficient (Wildman–Crippen LogP) is 2.12. The lowest BCUT2D eigenvalue weighted by atomic mass is 9.97. The first kappa shape index (κ1) is 13.1. The van der Waals surface area contributed by atoms with Gasteiger partial charge in [-0.3, -0.25) is 0 Å². The third-order valence-electron chi connectivity index (χ3n) is 3.92. The summed E-state index contributed by atoms with van der Waals surface area (Å²) in [6.07, 6.45) is 4.35. The number of pyridine rings is 1. The Morgan fingerprint density at radius 2 is 2.17 bits per heavy atom. The number of hydrogen-bond donors (Lipinski definition) is 2. The van der Waals surface area contributed by atoms with E-state index < -0.39 is 0 Å². The van der Waals surface area contributed by atoms with Crippen molar-refractivity contribution in [2.75, 3.05) is 37.2 Å². The molecule has 2 heterocycles. The van der Waals surface area contributed by atoms with Crippen LogP contribution in [0.1, 0.15) is 25.3 Å². The van der Waals surface area contributed by atoms with Crippen LogP contribution in [0.3, 0.4) is 0 Å². The number of nitrogen functional groups attached to an aromatic ring is 1. The number of hydrogen-bond acceptors (Lipinski definition) is 4. The molecule has 3 N–H and O–H groups in total. The Hall–Kier alpha value is -1.29. The van der Waals surface area contributed by atoms with Crippen LogP contribution in [-0.4, -0.2) is 36.1 Å². The summed E-state index contributed by atoms with van der Waals surface area (Å²) < 4.78 is 0. The van der Waals surface area contributed by atoms with E-state index in [-0.39, 0.29) is 0 Å². The van der Waals surface area contributed by atoms with Gasteiger partial charge in [0.2, 0.25) is 0 Å². The zero-order valence-corrected chi connectivity index (χ0v) is 11.4. The number of nitrogens with one attached hydrogen (secondary N) is 1. The number of aromatic nitrogens is 1. The van der Waals surface area contributed by atoms with Gasteiger partial charge in [-0.25, -0.2) is 4.98 Å². The van der Waals surface area contributed by atoms with E-state index in [2.05, 4.69) is 22.1 Å². The summed E-state index contributed by atoms with van der Waals surface area (Å²) in [5.41, 5.74) is 7.88. The van der Waals surface area contributed by atoms with E-state index in [4.69, 9.17) is 5.73 Å². The third-order valence-corrected chi connectivity index (χ3v) is 3.92. The van der Waals surface area contributed by atoms with Gasteiger partial charge in [0, 0.05) is 12.7 Å². The van der Waals surface area contributed by atoms with Crippen LogP contribution in [0.15, 0.2) is 12.3 Å². The van der Waals surface area contributed by atoms with Gasteiger partial charge in [-0.2, -0.15) is 0 Å². The highest BCUT2D eigenvalue weighted by Crippen LogP contribution is 2.21. The van der Waals surface area contributed by atoms with Crippen molar-refractivity contribution in [1.82, 2.24) is 9.88 Å². The van der Waals surface area contributed by atoms with Crippen molar-refractivity contribution in [3.05, 3.63) is 17.8 Å². The lowest BCUT2D eigenvalue weighted by molar-refractivity contribution is 0.198. The van der Waals surface area contributed by atoms with Gasteiger partial charge >= 0.3 is 0 Å². The standard InChI is InChI=1S/C14H24N4/c1-3-18-8-5-12(6-9-18)10-17-14-13(15)11(2)4-7-16-14/h4,7,12H,3,5-6,8-10,15H2,1-2H3,(H,16,17). The second kappa shape index (κ2) is 6.05. The van der Waals surface area contributed by atoms with Crippen LogP contribution in [-0.2, 0) is 0 Å². The van der Waals surface area contributed by atoms with Crippen LogP contribution in [0.5, 0.6) is 0 Å². The zero-order valence-electron chi connectivity index (χ0n) is 11.4. The first-order chi connectivity index (χ1) is 8.70. The van der Waals surface area contributed by atoms with Crippen molar-refractivity contribution in [3.8, 4) is 0 Å². The normalized spacial score (nSPS) is 17.9. The molecule has 1 saturated heterocycles. The number of nitrogens with zero attached hydrogens (tertiary/aromatic N) is 2. The number of piperidine rings is 1. The van der Waals surface area contributed by atoms with E-state index in [9.17, 15) is 0 Å². The monoisotopic (exact) mass is 248 g/mol. The summed E-state index contributed by atoms with van der Waals surface area (Å²) in [5, 5.41) is 3.40. The van der Waals surface area contributed by atoms with Crippen LogP contribution >= 0.6 is 0 Å². The average Bonchev–Trinajstić information content (AvgIpc) is 2.41. The Bertz CT molecular complexity index is 383. The molecule has 4 heteroatoms. The summed E-state index contributed by atoms with van der Waals surface area (Å²) in [7, 11) is 0.